The summed E-state index contributed by atoms with van der Waals surface area (Å²) in [5.41, 5.74) is 1.26. The molecule has 0 aromatic carbocycles. The van der Waals surface area contributed by atoms with E-state index in [1.165, 1.54) is 25.1 Å². The number of ether oxygens (including phenoxy) is 1. The second-order valence-corrected chi connectivity index (χ2v) is 8.21. The largest absolute Gasteiger partial charge is 0.496 e. The summed E-state index contributed by atoms with van der Waals surface area (Å²) in [5.74, 6) is 0.921. The summed E-state index contributed by atoms with van der Waals surface area (Å²) >= 11 is 3.61. The summed E-state index contributed by atoms with van der Waals surface area (Å²) in [6, 6.07) is 4.14. The number of aryl methyl sites for hydroxylation is 1. The van der Waals surface area contributed by atoms with E-state index in [1.807, 2.05) is 11.8 Å². The quantitative estimate of drug-likeness (QED) is 0.697. The van der Waals surface area contributed by atoms with E-state index in [2.05, 4.69) is 51.1 Å². The normalized spacial score (nSPS) is 14.3. The number of rotatable bonds is 2. The summed E-state index contributed by atoms with van der Waals surface area (Å²) in [6.45, 7) is 6.40. The first-order valence-electron chi connectivity index (χ1n) is 6.43. The highest BCUT2D eigenvalue weighted by Crippen LogP contribution is 2.33. The number of hydrogen-bond acceptors (Lipinski definition) is 6. The van der Waals surface area contributed by atoms with Crippen LogP contribution in [0.15, 0.2) is 39.7 Å². The molecule has 0 bridgehead atoms. The molecule has 0 spiro atoms. The molecule has 0 fully saturated rings. The van der Waals surface area contributed by atoms with Crippen LogP contribution in [0.5, 0.6) is 5.75 Å². The lowest BCUT2D eigenvalue weighted by Crippen LogP contribution is -2.68. The van der Waals surface area contributed by atoms with Crippen molar-refractivity contribution >= 4 is 29.2 Å². The lowest BCUT2D eigenvalue weighted by molar-refractivity contribution is -2.00. The highest BCUT2D eigenvalue weighted by Gasteiger charge is 2.12. The molecule has 0 radical (unpaired) electrons. The molecule has 0 saturated carbocycles. The van der Waals surface area contributed by atoms with Crippen LogP contribution in [-0.4, -0.2) is 7.11 Å². The first-order chi connectivity index (χ1) is 10.6. The van der Waals surface area contributed by atoms with Gasteiger partial charge in [-0.25, -0.2) is 18.6 Å². The van der Waals surface area contributed by atoms with Crippen molar-refractivity contribution < 1.29 is 33.6 Å². The van der Waals surface area contributed by atoms with E-state index in [-0.39, 0.29) is 0 Å². The van der Waals surface area contributed by atoms with E-state index in [0.29, 0.717) is 0 Å². The predicted molar refractivity (Wildman–Crippen MR) is 83.1 cm³/mol. The molecule has 1 aromatic rings. The molecule has 23 heavy (non-hydrogen) atoms. The van der Waals surface area contributed by atoms with Crippen molar-refractivity contribution in [2.24, 2.45) is 0 Å². The average molecular weight is 377 g/mol. The lowest BCUT2D eigenvalue weighted by atomic mass is 10.2. The summed E-state index contributed by atoms with van der Waals surface area (Å²) in [7, 11) is -3.23. The van der Waals surface area contributed by atoms with Crippen molar-refractivity contribution in [2.45, 2.75) is 20.8 Å². The van der Waals surface area contributed by atoms with Gasteiger partial charge in [-0.1, -0.05) is 11.8 Å². The van der Waals surface area contributed by atoms with Crippen molar-refractivity contribution in [3.63, 3.8) is 0 Å². The van der Waals surface area contributed by atoms with Crippen LogP contribution < -0.4 is 23.4 Å². The van der Waals surface area contributed by atoms with Gasteiger partial charge < -0.3 is 4.74 Å². The van der Waals surface area contributed by atoms with Gasteiger partial charge in [0.25, 0.3) is 0 Å². The summed E-state index contributed by atoms with van der Waals surface area (Å²) < 4.78 is 39.3. The molecule has 5 nitrogen and oxygen atoms in total. The summed E-state index contributed by atoms with van der Waals surface area (Å²) in [6.07, 6.45) is 6.66. The monoisotopic (exact) mass is 376 g/mol. The Kier molecular flexibility index (Phi) is 7.69. The Balaban J connectivity index is 0.000000463. The van der Waals surface area contributed by atoms with Gasteiger partial charge in [-0.3, -0.25) is 0 Å². The molecule has 0 atom stereocenters. The van der Waals surface area contributed by atoms with Crippen molar-refractivity contribution in [1.29, 1.82) is 0 Å². The van der Waals surface area contributed by atoms with Gasteiger partial charge >= 0.3 is 0 Å². The van der Waals surface area contributed by atoms with Gasteiger partial charge in [-0.05, 0) is 41.4 Å². The molecular weight excluding hydrogens is 360 g/mol. The molecule has 0 N–H and O–H groups in total. The lowest BCUT2D eigenvalue weighted by Gasteiger charge is -2.17. The first kappa shape index (κ1) is 20.1. The van der Waals surface area contributed by atoms with Crippen LogP contribution >= 0.6 is 23.1 Å². The molecule has 0 aliphatic carbocycles. The van der Waals surface area contributed by atoms with Gasteiger partial charge in [0.15, 0.2) is 0 Å². The summed E-state index contributed by atoms with van der Waals surface area (Å²) in [4.78, 5) is 5.16. The highest BCUT2D eigenvalue weighted by atomic mass is 35.7. The molecule has 2 heterocycles. The van der Waals surface area contributed by atoms with Gasteiger partial charge in [-0.15, -0.1) is 10.2 Å². The van der Waals surface area contributed by atoms with E-state index in [0.717, 1.165) is 5.75 Å². The van der Waals surface area contributed by atoms with Crippen LogP contribution in [0.1, 0.15) is 23.6 Å². The fraction of sp³-hybridized carbons (Fsp3) is 0.267. The van der Waals surface area contributed by atoms with E-state index < -0.39 is 10.2 Å². The van der Waals surface area contributed by atoms with Gasteiger partial charge in [0.05, 0.1) is 7.11 Å². The molecule has 1 aliphatic heterocycles. The number of allylic oxidation sites excluding steroid dienone is 5. The number of halogens is 1. The molecular formula is C15H17ClO5S2. The molecule has 2 rings (SSSR count). The van der Waals surface area contributed by atoms with Crippen LogP contribution in [0.25, 0.3) is 6.08 Å². The Morgan fingerprint density at radius 1 is 1.04 bits per heavy atom. The topological polar surface area (TPSA) is 101 Å². The fourth-order valence-electron chi connectivity index (χ4n) is 1.89. The average Bonchev–Trinajstić information content (AvgIpc) is 2.34. The van der Waals surface area contributed by atoms with E-state index in [9.17, 15) is 0 Å². The maximum absolute atomic E-state index is 8.49. The van der Waals surface area contributed by atoms with Crippen molar-refractivity contribution in [3.8, 4) is 5.75 Å². The van der Waals surface area contributed by atoms with E-state index in [1.54, 1.807) is 18.4 Å². The SMILES string of the molecule is COc1cc(C)[s+]c(C=C2C=C(C)SC(C)=C2)c1.[O-][Cl+3]([O-])([O-])[O-]. The standard InChI is InChI=1S/C15H17OS2.ClHO4/c1-10-5-13(6-11(2)17-10)8-15-9-14(16-4)7-12(3)18-15;2-1(3,4)5/h5-9H,1-4H3;(H,2,3,4,5)/q+1;/p-1. The molecule has 1 aromatic heterocycles. The van der Waals surface area contributed by atoms with Crippen molar-refractivity contribution in [3.05, 3.63) is 49.4 Å². The third-order valence-electron chi connectivity index (χ3n) is 2.52. The van der Waals surface area contributed by atoms with E-state index >= 15 is 0 Å². The Hall–Kier alpha value is -0.930. The van der Waals surface area contributed by atoms with Gasteiger partial charge in [0.2, 0.25) is 21.1 Å². The molecule has 126 valence electrons. The minimum atomic E-state index is -4.94. The molecule has 0 unspecified atom stereocenters. The van der Waals surface area contributed by atoms with Crippen LogP contribution in [0.4, 0.5) is 0 Å². The zero-order chi connectivity index (χ0) is 17.6. The van der Waals surface area contributed by atoms with E-state index in [4.69, 9.17) is 23.4 Å². The van der Waals surface area contributed by atoms with Crippen LogP contribution in [0.2, 0.25) is 0 Å². The Morgan fingerprint density at radius 2 is 1.57 bits per heavy atom. The number of methoxy groups -OCH3 is 1. The predicted octanol–water partition coefficient (Wildman–Crippen LogP) is 0.528. The minimum absolute atomic E-state index is 0.921. The van der Waals surface area contributed by atoms with Crippen molar-refractivity contribution in [1.82, 2.24) is 0 Å². The molecule has 8 heteroatoms. The Morgan fingerprint density at radius 3 is 2.04 bits per heavy atom. The minimum Gasteiger partial charge on any atom is -0.496 e. The summed E-state index contributed by atoms with van der Waals surface area (Å²) in [5, 5.41) is 0. The van der Waals surface area contributed by atoms with Gasteiger partial charge in [0.1, 0.15) is 5.75 Å². The van der Waals surface area contributed by atoms with Gasteiger partial charge in [0, 0.05) is 25.1 Å². The number of thioether (sulfide) groups is 1. The smallest absolute Gasteiger partial charge is 0.235 e. The maximum Gasteiger partial charge on any atom is 0.235 e. The van der Waals surface area contributed by atoms with Crippen molar-refractivity contribution in [2.75, 3.05) is 7.11 Å². The van der Waals surface area contributed by atoms with Crippen LogP contribution in [0, 0.1) is 17.2 Å². The Labute approximate surface area is 146 Å². The maximum atomic E-state index is 8.49. The fourth-order valence-corrected chi connectivity index (χ4v) is 3.70. The highest BCUT2D eigenvalue weighted by molar-refractivity contribution is 8.06. The first-order valence-corrected chi connectivity index (χ1v) is 9.30. The third kappa shape index (κ3) is 9.07. The second kappa shape index (κ2) is 8.79. The second-order valence-electron chi connectivity index (χ2n) is 4.64. The Bertz CT molecular complexity index is 622. The zero-order valence-corrected chi connectivity index (χ0v) is 15.5. The molecule has 0 amide bonds. The molecule has 1 aliphatic rings. The van der Waals surface area contributed by atoms with Crippen LogP contribution in [0.3, 0.4) is 0 Å². The van der Waals surface area contributed by atoms with Gasteiger partial charge in [-0.2, -0.15) is 0 Å². The third-order valence-corrected chi connectivity index (χ3v) is 4.31. The number of hydrogen-bond donors (Lipinski definition) is 0. The van der Waals surface area contributed by atoms with Crippen LogP contribution in [-0.2, 0) is 0 Å². The molecule has 0 saturated heterocycles. The zero-order valence-electron chi connectivity index (χ0n) is 13.1.